The quantitative estimate of drug-likeness (QED) is 0.0335. The van der Waals surface area contributed by atoms with Crippen LogP contribution in [0.3, 0.4) is 0 Å². The number of rotatable bonds is 19. The van der Waals surface area contributed by atoms with Crippen LogP contribution in [0.5, 0.6) is 0 Å². The maximum absolute atomic E-state index is 13.9. The van der Waals surface area contributed by atoms with E-state index in [-0.39, 0.29) is 57.1 Å². The highest BCUT2D eigenvalue weighted by molar-refractivity contribution is 5.95. The molecule has 0 radical (unpaired) electrons. The van der Waals surface area contributed by atoms with E-state index in [1.807, 2.05) is 48.5 Å². The van der Waals surface area contributed by atoms with Gasteiger partial charge in [0.2, 0.25) is 17.7 Å². The molecule has 3 amide bonds. The molecule has 17 heteroatoms. The van der Waals surface area contributed by atoms with Crippen molar-refractivity contribution in [3.8, 4) is 0 Å². The average molecular weight is 703 g/mol. The van der Waals surface area contributed by atoms with Gasteiger partial charge in [0, 0.05) is 53.7 Å². The Hall–Kier alpha value is -6.10. The van der Waals surface area contributed by atoms with Gasteiger partial charge < -0.3 is 59.7 Å². The van der Waals surface area contributed by atoms with E-state index in [0.717, 1.165) is 27.4 Å². The van der Waals surface area contributed by atoms with E-state index in [1.165, 1.54) is 0 Å². The van der Waals surface area contributed by atoms with Crippen LogP contribution in [-0.4, -0.2) is 87.9 Å². The number of nitrogens with zero attached hydrogens (tertiary/aromatic N) is 2. The van der Waals surface area contributed by atoms with Crippen LogP contribution in [0.25, 0.3) is 21.8 Å². The fourth-order valence-electron chi connectivity index (χ4n) is 5.72. The van der Waals surface area contributed by atoms with Crippen LogP contribution in [0, 0.1) is 0 Å². The van der Waals surface area contributed by atoms with Crippen molar-refractivity contribution < 1.29 is 24.3 Å². The number of carbonyl (C=O) groups excluding carboxylic acids is 3. The maximum atomic E-state index is 13.9. The summed E-state index contributed by atoms with van der Waals surface area (Å²) in [6, 6.07) is 10.4. The molecule has 16 N–H and O–H groups in total. The fraction of sp³-hybridized carbons (Fsp3) is 0.353. The van der Waals surface area contributed by atoms with Gasteiger partial charge in [-0.1, -0.05) is 36.4 Å². The van der Waals surface area contributed by atoms with E-state index in [1.54, 1.807) is 12.4 Å². The molecular weight excluding hydrogens is 656 g/mol. The molecule has 4 unspecified atom stereocenters. The fourth-order valence-corrected chi connectivity index (χ4v) is 5.72. The highest BCUT2D eigenvalue weighted by atomic mass is 16.4. The number of nitrogens with two attached hydrogens (primary N) is 5. The first kappa shape index (κ1) is 37.7. The van der Waals surface area contributed by atoms with Gasteiger partial charge in [0.1, 0.15) is 18.1 Å². The van der Waals surface area contributed by atoms with E-state index in [2.05, 4.69) is 35.9 Å². The minimum atomic E-state index is -1.29. The summed E-state index contributed by atoms with van der Waals surface area (Å²) in [6.45, 7) is 0.351. The predicted molar refractivity (Wildman–Crippen MR) is 195 cm³/mol. The second-order valence-corrected chi connectivity index (χ2v) is 12.2. The standard InChI is InChI=1S/C34H46N12O5/c35-23(15-19-17-42-24-9-3-1-7-21(19)24)29(47)44-26(11-5-13-40-33(36)37)30(48)46-28(16-20-18-43-25-10-4-2-8-22(20)25)31(49)45-27(32(50)51)12-6-14-41-34(38)39/h1-4,7-10,17-18,23,26-28,42-43H,5-6,11-16,35H2,(H,44,47)(H,45,49)(H,46,48)(H,50,51)(H4,36,37,40)(H4,38,39,41). The van der Waals surface area contributed by atoms with Crippen LogP contribution < -0.4 is 44.6 Å². The van der Waals surface area contributed by atoms with E-state index >= 15 is 0 Å². The van der Waals surface area contributed by atoms with E-state index in [0.29, 0.717) is 12.0 Å². The number of carboxylic acids is 1. The molecule has 0 aliphatic heterocycles. The van der Waals surface area contributed by atoms with Gasteiger partial charge >= 0.3 is 5.97 Å². The van der Waals surface area contributed by atoms with Crippen LogP contribution in [0.2, 0.25) is 0 Å². The number of fused-ring (bicyclic) bond motifs is 2. The van der Waals surface area contributed by atoms with Gasteiger partial charge in [0.25, 0.3) is 0 Å². The van der Waals surface area contributed by atoms with Crippen molar-refractivity contribution in [1.29, 1.82) is 0 Å². The number of aromatic amines is 2. The van der Waals surface area contributed by atoms with Crippen LogP contribution >= 0.6 is 0 Å². The number of hydrogen-bond acceptors (Lipinski definition) is 7. The summed E-state index contributed by atoms with van der Waals surface area (Å²) in [5, 5.41) is 19.6. The largest absolute Gasteiger partial charge is 0.480 e. The van der Waals surface area contributed by atoms with Crippen LogP contribution in [0.4, 0.5) is 0 Å². The number of benzene rings is 2. The lowest BCUT2D eigenvalue weighted by molar-refractivity contribution is -0.142. The SMILES string of the molecule is NC(N)=NCCCC(NC(=O)C(Cc1c[nH]c2ccccc12)NC(=O)C(CCCN=C(N)N)NC(=O)C(N)Cc1c[nH]c2ccccc12)C(=O)O. The summed E-state index contributed by atoms with van der Waals surface area (Å²) in [5.74, 6) is -3.50. The van der Waals surface area contributed by atoms with Crippen LogP contribution in [-0.2, 0) is 32.0 Å². The lowest BCUT2D eigenvalue weighted by Crippen LogP contribution is -2.57. The van der Waals surface area contributed by atoms with Gasteiger partial charge in [-0.15, -0.1) is 0 Å². The minimum Gasteiger partial charge on any atom is -0.480 e. The zero-order chi connectivity index (χ0) is 36.9. The number of aliphatic imine (C=N–C) groups is 2. The van der Waals surface area contributed by atoms with Crippen molar-refractivity contribution in [1.82, 2.24) is 25.9 Å². The molecule has 4 aromatic rings. The molecule has 2 aromatic heterocycles. The molecule has 2 aromatic carbocycles. The van der Waals surface area contributed by atoms with E-state index in [4.69, 9.17) is 28.7 Å². The van der Waals surface area contributed by atoms with E-state index in [9.17, 15) is 24.3 Å². The van der Waals surface area contributed by atoms with Crippen LogP contribution in [0.15, 0.2) is 70.9 Å². The first-order valence-corrected chi connectivity index (χ1v) is 16.5. The molecule has 0 saturated heterocycles. The molecule has 4 rings (SSSR count). The summed E-state index contributed by atoms with van der Waals surface area (Å²) in [4.78, 5) is 67.3. The van der Waals surface area contributed by atoms with Gasteiger partial charge in [0.15, 0.2) is 11.9 Å². The zero-order valence-corrected chi connectivity index (χ0v) is 28.1. The Balaban J connectivity index is 1.54. The highest BCUT2D eigenvalue weighted by Crippen LogP contribution is 2.20. The molecule has 0 aliphatic carbocycles. The number of nitrogens with one attached hydrogen (secondary N) is 5. The van der Waals surface area contributed by atoms with Crippen molar-refractivity contribution in [3.63, 3.8) is 0 Å². The molecule has 0 fully saturated rings. The Morgan fingerprint density at radius 2 is 1.10 bits per heavy atom. The van der Waals surface area contributed by atoms with Crippen LogP contribution in [0.1, 0.15) is 36.8 Å². The number of amides is 3. The summed E-state index contributed by atoms with van der Waals surface area (Å²) in [6.07, 6.45) is 4.44. The first-order chi connectivity index (χ1) is 24.4. The van der Waals surface area contributed by atoms with Gasteiger partial charge in [-0.2, -0.15) is 0 Å². The van der Waals surface area contributed by atoms with Crippen molar-refractivity contribution in [2.75, 3.05) is 13.1 Å². The zero-order valence-electron chi connectivity index (χ0n) is 28.1. The second kappa shape index (κ2) is 18.1. The van der Waals surface area contributed by atoms with Gasteiger partial charge in [-0.05, 0) is 55.4 Å². The molecule has 0 saturated carbocycles. The number of H-pyrrole nitrogens is 2. The lowest BCUT2D eigenvalue weighted by atomic mass is 10.0. The Morgan fingerprint density at radius 1 is 0.647 bits per heavy atom. The van der Waals surface area contributed by atoms with Crippen molar-refractivity contribution in [2.24, 2.45) is 38.7 Å². The van der Waals surface area contributed by atoms with Crippen molar-refractivity contribution in [2.45, 2.75) is 62.7 Å². The summed E-state index contributed by atoms with van der Waals surface area (Å²) < 4.78 is 0. The molecule has 2 heterocycles. The lowest BCUT2D eigenvalue weighted by Gasteiger charge is -2.25. The Labute approximate surface area is 293 Å². The third kappa shape index (κ3) is 10.9. The maximum Gasteiger partial charge on any atom is 0.326 e. The number of carbonyl (C=O) groups is 4. The Kier molecular flexibility index (Phi) is 13.3. The van der Waals surface area contributed by atoms with Gasteiger partial charge in [-0.25, -0.2) is 4.79 Å². The number of hydrogen-bond donors (Lipinski definition) is 11. The third-order valence-electron chi connectivity index (χ3n) is 8.32. The highest BCUT2D eigenvalue weighted by Gasteiger charge is 2.31. The van der Waals surface area contributed by atoms with Crippen molar-refractivity contribution >= 4 is 57.4 Å². The molecule has 272 valence electrons. The number of aromatic nitrogens is 2. The molecule has 0 spiro atoms. The van der Waals surface area contributed by atoms with Gasteiger partial charge in [0.05, 0.1) is 6.04 Å². The number of guanidine groups is 2. The third-order valence-corrected chi connectivity index (χ3v) is 8.32. The topological polar surface area (TPSA) is 311 Å². The summed E-state index contributed by atoms with van der Waals surface area (Å²) in [7, 11) is 0. The number of carboxylic acid groups (broad SMARTS) is 1. The molecule has 17 nitrogen and oxygen atoms in total. The molecule has 4 atom stereocenters. The monoisotopic (exact) mass is 702 g/mol. The number of para-hydroxylation sites is 2. The molecule has 51 heavy (non-hydrogen) atoms. The Bertz CT molecular complexity index is 1880. The number of aliphatic carboxylic acids is 1. The summed E-state index contributed by atoms with van der Waals surface area (Å²) in [5.41, 5.74) is 31.2. The average Bonchev–Trinajstić information content (AvgIpc) is 3.70. The smallest absolute Gasteiger partial charge is 0.326 e. The molecule has 0 bridgehead atoms. The normalized spacial score (nSPS) is 13.4. The van der Waals surface area contributed by atoms with Crippen molar-refractivity contribution in [3.05, 3.63) is 72.1 Å². The summed E-state index contributed by atoms with van der Waals surface area (Å²) >= 11 is 0. The Morgan fingerprint density at radius 3 is 1.63 bits per heavy atom. The first-order valence-electron chi connectivity index (χ1n) is 16.5. The predicted octanol–water partition coefficient (Wildman–Crippen LogP) is -0.592. The van der Waals surface area contributed by atoms with E-state index < -0.39 is 47.9 Å². The van der Waals surface area contributed by atoms with Gasteiger partial charge in [-0.3, -0.25) is 24.4 Å². The molecule has 0 aliphatic rings. The minimum absolute atomic E-state index is 0.0106. The molecular formula is C34H46N12O5. The second-order valence-electron chi connectivity index (χ2n) is 12.2.